The van der Waals surface area contributed by atoms with Crippen LogP contribution in [0.25, 0.3) is 0 Å². The van der Waals surface area contributed by atoms with Gasteiger partial charge in [-0.05, 0) is 70.6 Å². The number of carbonyl (C=O) groups excluding carboxylic acids is 1. The molecular weight excluding hydrogens is 732 g/mol. The zero-order valence-electron chi connectivity index (χ0n) is 36.7. The largest absolute Gasteiger partial charge is 0.756 e. The lowest BCUT2D eigenvalue weighted by Gasteiger charge is -2.29. The van der Waals surface area contributed by atoms with Gasteiger partial charge in [0.15, 0.2) is 0 Å². The average Bonchev–Trinajstić information content (AvgIpc) is 3.16. The van der Waals surface area contributed by atoms with Gasteiger partial charge in [-0.1, -0.05) is 169 Å². The first-order chi connectivity index (χ1) is 27.5. The minimum Gasteiger partial charge on any atom is -0.756 e. The number of amides is 1. The molecule has 0 bridgehead atoms. The number of phosphoric ester groups is 1. The third-order valence-corrected chi connectivity index (χ3v) is 10.0. The molecule has 0 aliphatic rings. The van der Waals surface area contributed by atoms with Crippen molar-refractivity contribution in [2.24, 2.45) is 0 Å². The Kier molecular flexibility index (Phi) is 37.2. The molecule has 0 aromatic carbocycles. The molecule has 1 amide bonds. The van der Waals surface area contributed by atoms with Crippen LogP contribution in [0.2, 0.25) is 0 Å². The van der Waals surface area contributed by atoms with Gasteiger partial charge in [-0.15, -0.1) is 0 Å². The van der Waals surface area contributed by atoms with Crippen molar-refractivity contribution in [1.29, 1.82) is 0 Å². The summed E-state index contributed by atoms with van der Waals surface area (Å²) in [5, 5.41) is 13.7. The standard InChI is InChI=1S/C48H83N2O6P/c1-6-8-10-12-14-16-18-20-21-22-23-24-25-26-27-28-29-30-32-34-36-38-40-42-48(52)49-46(45-56-57(53,54)55-44-43-50(3,4)5)47(51)41-39-37-35-33-31-19-17-15-13-11-9-7-2/h8,10,14,16,20-21,23-24,26-27,29-30,34,36,39,41,46-47,51H,6-7,9,11-13,15,17-19,22,25,28,31-33,35,37-38,40,42-45H2,1-5H3,(H-,49,52,53,54)/b10-8-,16-14-,21-20-,24-23-,27-26-,30-29-,36-34-,41-39+. The number of phosphoric acid groups is 1. The second-order valence-corrected chi connectivity index (χ2v) is 17.1. The molecule has 0 saturated heterocycles. The van der Waals surface area contributed by atoms with Crippen molar-refractivity contribution in [3.63, 3.8) is 0 Å². The van der Waals surface area contributed by atoms with Crippen LogP contribution in [0.1, 0.15) is 149 Å². The minimum absolute atomic E-state index is 0.0176. The molecule has 3 atom stereocenters. The summed E-state index contributed by atoms with van der Waals surface area (Å²) in [7, 11) is 1.20. The SMILES string of the molecule is CC/C=C\C/C=C\C/C=C\C/C=C\C/C=C\C/C=C\C/C=C\CCCC(=O)NC(COP(=O)([O-])OCC[N+](C)(C)C)C(O)/C=C/CCCCCCCCCCCC. The van der Waals surface area contributed by atoms with Gasteiger partial charge in [0.1, 0.15) is 13.2 Å². The van der Waals surface area contributed by atoms with Gasteiger partial charge in [-0.3, -0.25) is 9.36 Å². The predicted molar refractivity (Wildman–Crippen MR) is 242 cm³/mol. The van der Waals surface area contributed by atoms with Crippen LogP contribution in [0.3, 0.4) is 0 Å². The predicted octanol–water partition coefficient (Wildman–Crippen LogP) is 11.7. The highest BCUT2D eigenvalue weighted by atomic mass is 31.2. The Labute approximate surface area is 349 Å². The summed E-state index contributed by atoms with van der Waals surface area (Å²) in [4.78, 5) is 25.2. The molecule has 0 radical (unpaired) electrons. The monoisotopic (exact) mass is 815 g/mol. The van der Waals surface area contributed by atoms with Gasteiger partial charge in [0.2, 0.25) is 5.91 Å². The summed E-state index contributed by atoms with van der Waals surface area (Å²) in [6, 6.07) is -0.922. The topological polar surface area (TPSA) is 108 Å². The number of nitrogens with zero attached hydrogens (tertiary/aromatic N) is 1. The lowest BCUT2D eigenvalue weighted by molar-refractivity contribution is -0.870. The molecule has 3 unspecified atom stereocenters. The number of hydrogen-bond acceptors (Lipinski definition) is 6. The third-order valence-electron chi connectivity index (χ3n) is 9.05. The Morgan fingerprint density at radius 2 is 1.07 bits per heavy atom. The number of hydrogen-bond donors (Lipinski definition) is 2. The Bertz CT molecular complexity index is 1240. The summed E-state index contributed by atoms with van der Waals surface area (Å²) in [6.07, 6.45) is 54.6. The number of carbonyl (C=O) groups is 1. The lowest BCUT2D eigenvalue weighted by Crippen LogP contribution is -2.45. The van der Waals surface area contributed by atoms with E-state index in [9.17, 15) is 19.4 Å². The number of unbranched alkanes of at least 4 members (excludes halogenated alkanes) is 11. The van der Waals surface area contributed by atoms with Crippen LogP contribution in [0.5, 0.6) is 0 Å². The van der Waals surface area contributed by atoms with Gasteiger partial charge < -0.3 is 28.8 Å². The molecule has 0 rings (SSSR count). The van der Waals surface area contributed by atoms with Crippen LogP contribution < -0.4 is 10.2 Å². The van der Waals surface area contributed by atoms with Crippen molar-refractivity contribution in [2.45, 2.75) is 161 Å². The van der Waals surface area contributed by atoms with E-state index in [-0.39, 0.29) is 18.9 Å². The summed E-state index contributed by atoms with van der Waals surface area (Å²) in [5.74, 6) is -0.261. The van der Waals surface area contributed by atoms with Gasteiger partial charge >= 0.3 is 0 Å². The first-order valence-corrected chi connectivity index (χ1v) is 23.6. The highest BCUT2D eigenvalue weighted by Gasteiger charge is 2.23. The second-order valence-electron chi connectivity index (χ2n) is 15.7. The highest BCUT2D eigenvalue weighted by Crippen LogP contribution is 2.38. The minimum atomic E-state index is -4.61. The van der Waals surface area contributed by atoms with E-state index in [1.54, 1.807) is 6.08 Å². The maximum absolute atomic E-state index is 12.8. The molecule has 0 heterocycles. The normalized spacial score (nSPS) is 15.3. The Morgan fingerprint density at radius 3 is 1.54 bits per heavy atom. The summed E-state index contributed by atoms with van der Waals surface area (Å²) in [5.41, 5.74) is 0. The van der Waals surface area contributed by atoms with Crippen molar-refractivity contribution in [3.05, 3.63) is 97.2 Å². The molecule has 8 nitrogen and oxygen atoms in total. The maximum Gasteiger partial charge on any atom is 0.268 e. The van der Waals surface area contributed by atoms with Crippen molar-refractivity contribution in [2.75, 3.05) is 40.9 Å². The van der Waals surface area contributed by atoms with E-state index in [4.69, 9.17) is 9.05 Å². The van der Waals surface area contributed by atoms with Crippen molar-refractivity contribution < 1.29 is 32.9 Å². The lowest BCUT2D eigenvalue weighted by atomic mass is 10.1. The smallest absolute Gasteiger partial charge is 0.268 e. The zero-order chi connectivity index (χ0) is 42.1. The first kappa shape index (κ1) is 54.4. The van der Waals surface area contributed by atoms with E-state index in [1.165, 1.54) is 51.4 Å². The number of aliphatic hydroxyl groups is 1. The fraction of sp³-hybridized carbons (Fsp3) is 0.646. The zero-order valence-corrected chi connectivity index (χ0v) is 37.6. The van der Waals surface area contributed by atoms with Gasteiger partial charge in [0.05, 0.1) is 39.9 Å². The van der Waals surface area contributed by atoms with Crippen LogP contribution in [0.15, 0.2) is 97.2 Å². The van der Waals surface area contributed by atoms with E-state index in [1.807, 2.05) is 27.2 Å². The van der Waals surface area contributed by atoms with Gasteiger partial charge in [-0.25, -0.2) is 0 Å². The molecule has 0 aliphatic heterocycles. The van der Waals surface area contributed by atoms with Gasteiger partial charge in [0.25, 0.3) is 7.82 Å². The molecule has 326 valence electrons. The molecule has 0 spiro atoms. The number of nitrogens with one attached hydrogen (secondary N) is 1. The number of quaternary nitrogens is 1. The summed E-state index contributed by atoms with van der Waals surface area (Å²) >= 11 is 0. The molecule has 0 aromatic heterocycles. The van der Waals surface area contributed by atoms with Crippen LogP contribution in [0.4, 0.5) is 0 Å². The molecular formula is C48H83N2O6P. The molecule has 0 fully saturated rings. The average molecular weight is 815 g/mol. The highest BCUT2D eigenvalue weighted by molar-refractivity contribution is 7.45. The summed E-state index contributed by atoms with van der Waals surface area (Å²) in [6.45, 7) is 4.44. The van der Waals surface area contributed by atoms with E-state index in [0.29, 0.717) is 17.4 Å². The number of rotatable bonds is 38. The molecule has 57 heavy (non-hydrogen) atoms. The number of allylic oxidation sites excluding steroid dienone is 15. The molecule has 0 aliphatic carbocycles. The summed E-state index contributed by atoms with van der Waals surface area (Å²) < 4.78 is 23.1. The van der Waals surface area contributed by atoms with Crippen molar-refractivity contribution in [3.8, 4) is 0 Å². The van der Waals surface area contributed by atoms with Crippen LogP contribution in [-0.2, 0) is 18.4 Å². The maximum atomic E-state index is 12.8. The Morgan fingerprint density at radius 1 is 0.632 bits per heavy atom. The third kappa shape index (κ3) is 41.4. The number of likely N-dealkylation sites (N-methyl/N-ethyl adjacent to an activating group) is 1. The molecule has 0 saturated carbocycles. The van der Waals surface area contributed by atoms with E-state index < -0.39 is 26.6 Å². The molecule has 0 aromatic rings. The van der Waals surface area contributed by atoms with Crippen LogP contribution in [-0.4, -0.2) is 68.5 Å². The van der Waals surface area contributed by atoms with Crippen molar-refractivity contribution >= 4 is 13.7 Å². The molecule has 9 heteroatoms. The van der Waals surface area contributed by atoms with Gasteiger partial charge in [0, 0.05) is 6.42 Å². The fourth-order valence-corrected chi connectivity index (χ4v) is 6.27. The van der Waals surface area contributed by atoms with E-state index in [2.05, 4.69) is 104 Å². The second kappa shape index (κ2) is 38.9. The Balaban J connectivity index is 4.53. The Hall–Kier alpha value is -2.58. The van der Waals surface area contributed by atoms with Crippen LogP contribution in [0, 0.1) is 0 Å². The first-order valence-electron chi connectivity index (χ1n) is 22.1. The van der Waals surface area contributed by atoms with E-state index in [0.717, 1.165) is 70.6 Å². The number of aliphatic hydroxyl groups excluding tert-OH is 1. The molecule has 2 N–H and O–H groups in total. The quantitative estimate of drug-likeness (QED) is 0.0278. The van der Waals surface area contributed by atoms with Crippen LogP contribution >= 0.6 is 7.82 Å². The van der Waals surface area contributed by atoms with Gasteiger partial charge in [-0.2, -0.15) is 0 Å². The fourth-order valence-electron chi connectivity index (χ4n) is 5.55. The van der Waals surface area contributed by atoms with E-state index >= 15 is 0 Å². The van der Waals surface area contributed by atoms with Crippen molar-refractivity contribution in [1.82, 2.24) is 5.32 Å².